The van der Waals surface area contributed by atoms with Gasteiger partial charge in [0.15, 0.2) is 0 Å². The fraction of sp³-hybridized carbons (Fsp3) is 0.350. The van der Waals surface area contributed by atoms with Crippen molar-refractivity contribution in [1.82, 2.24) is 5.32 Å². The highest BCUT2D eigenvalue weighted by atomic mass is 16.5. The molecule has 0 aliphatic carbocycles. The molecule has 0 radical (unpaired) electrons. The van der Waals surface area contributed by atoms with E-state index in [1.165, 1.54) is 0 Å². The Balaban J connectivity index is 1.89. The number of carbonyl (C=O) groups is 1. The summed E-state index contributed by atoms with van der Waals surface area (Å²) in [7, 11) is 0. The normalized spacial score (nSPS) is 12.1. The van der Waals surface area contributed by atoms with Gasteiger partial charge in [0.2, 0.25) is 0 Å². The fourth-order valence-corrected chi connectivity index (χ4v) is 2.40. The molecule has 0 bridgehead atoms. The molecule has 2 rings (SSSR count). The maximum atomic E-state index is 12.4. The molecule has 0 saturated heterocycles. The molecule has 1 N–H and O–H groups in total. The van der Waals surface area contributed by atoms with Gasteiger partial charge in [-0.1, -0.05) is 74.5 Å². The zero-order valence-corrected chi connectivity index (χ0v) is 13.9. The second-order valence-electron chi connectivity index (χ2n) is 6.14. The van der Waals surface area contributed by atoms with Crippen LogP contribution in [-0.2, 0) is 22.7 Å². The Hall–Kier alpha value is -2.13. The number of carbonyl (C=O) groups excluding carboxylic acids is 1. The summed E-state index contributed by atoms with van der Waals surface area (Å²) in [5.41, 5.74) is 2.17. The van der Waals surface area contributed by atoms with E-state index < -0.39 is 0 Å². The highest BCUT2D eigenvalue weighted by Gasteiger charge is 2.20. The van der Waals surface area contributed by atoms with Gasteiger partial charge in [-0.25, -0.2) is 0 Å². The number of hydrogen-bond donors (Lipinski definition) is 1. The summed E-state index contributed by atoms with van der Waals surface area (Å²) >= 11 is 0. The first-order chi connectivity index (χ1) is 11.1. The summed E-state index contributed by atoms with van der Waals surface area (Å²) in [6.07, 6.45) is 0.764. The van der Waals surface area contributed by atoms with E-state index in [4.69, 9.17) is 4.74 Å². The lowest BCUT2D eigenvalue weighted by Crippen LogP contribution is -2.38. The van der Waals surface area contributed by atoms with Gasteiger partial charge in [0, 0.05) is 6.54 Å². The van der Waals surface area contributed by atoms with Gasteiger partial charge in [0.05, 0.1) is 0 Å². The van der Waals surface area contributed by atoms with E-state index >= 15 is 0 Å². The zero-order chi connectivity index (χ0) is 16.5. The molecule has 122 valence electrons. The monoisotopic (exact) mass is 311 g/mol. The van der Waals surface area contributed by atoms with Gasteiger partial charge in [-0.3, -0.25) is 4.79 Å². The van der Waals surface area contributed by atoms with E-state index in [0.717, 1.165) is 17.5 Å². The van der Waals surface area contributed by atoms with Crippen molar-refractivity contribution in [2.75, 3.05) is 0 Å². The van der Waals surface area contributed by atoms with Crippen molar-refractivity contribution >= 4 is 5.97 Å². The van der Waals surface area contributed by atoms with E-state index in [-0.39, 0.29) is 12.0 Å². The molecular weight excluding hydrogens is 286 g/mol. The quantitative estimate of drug-likeness (QED) is 0.751. The topological polar surface area (TPSA) is 38.3 Å². The molecular formula is C20H25NO2. The van der Waals surface area contributed by atoms with Crippen LogP contribution in [0.4, 0.5) is 0 Å². The first-order valence-corrected chi connectivity index (χ1v) is 8.13. The van der Waals surface area contributed by atoms with Crippen LogP contribution in [0.5, 0.6) is 0 Å². The molecule has 0 saturated carbocycles. The van der Waals surface area contributed by atoms with Crippen LogP contribution in [0.1, 0.15) is 31.4 Å². The number of ether oxygens (including phenoxy) is 1. The lowest BCUT2D eigenvalue weighted by molar-refractivity contribution is -0.148. The number of rotatable bonds is 8. The van der Waals surface area contributed by atoms with E-state index in [0.29, 0.717) is 19.1 Å². The third-order valence-corrected chi connectivity index (χ3v) is 3.61. The smallest absolute Gasteiger partial charge is 0.323 e. The summed E-state index contributed by atoms with van der Waals surface area (Å²) in [5, 5.41) is 3.33. The maximum absolute atomic E-state index is 12.4. The Morgan fingerprint density at radius 3 is 2.09 bits per heavy atom. The Morgan fingerprint density at radius 1 is 0.957 bits per heavy atom. The molecule has 2 aromatic carbocycles. The van der Waals surface area contributed by atoms with Gasteiger partial charge >= 0.3 is 5.97 Å². The van der Waals surface area contributed by atoms with Crippen LogP contribution in [0, 0.1) is 5.92 Å². The molecule has 3 heteroatoms. The van der Waals surface area contributed by atoms with Crippen molar-refractivity contribution in [1.29, 1.82) is 0 Å². The molecule has 0 aliphatic heterocycles. The van der Waals surface area contributed by atoms with Gasteiger partial charge in [0.1, 0.15) is 12.6 Å². The summed E-state index contributed by atoms with van der Waals surface area (Å²) < 4.78 is 5.48. The molecule has 0 heterocycles. The highest BCUT2D eigenvalue weighted by Crippen LogP contribution is 2.10. The van der Waals surface area contributed by atoms with E-state index in [1.54, 1.807) is 0 Å². The van der Waals surface area contributed by atoms with Crippen molar-refractivity contribution in [2.24, 2.45) is 5.92 Å². The number of nitrogens with one attached hydrogen (secondary N) is 1. The van der Waals surface area contributed by atoms with E-state index in [1.807, 2.05) is 48.5 Å². The fourth-order valence-electron chi connectivity index (χ4n) is 2.40. The lowest BCUT2D eigenvalue weighted by atomic mass is 10.0. The summed E-state index contributed by atoms with van der Waals surface area (Å²) in [6, 6.07) is 19.6. The van der Waals surface area contributed by atoms with Crippen LogP contribution in [0.25, 0.3) is 0 Å². The van der Waals surface area contributed by atoms with Gasteiger partial charge in [-0.15, -0.1) is 0 Å². The van der Waals surface area contributed by atoms with Crippen molar-refractivity contribution < 1.29 is 9.53 Å². The number of hydrogen-bond acceptors (Lipinski definition) is 3. The third kappa shape index (κ3) is 6.25. The largest absolute Gasteiger partial charge is 0.460 e. The molecule has 0 aliphatic rings. The predicted molar refractivity (Wildman–Crippen MR) is 92.8 cm³/mol. The Kier molecular flexibility index (Phi) is 6.82. The van der Waals surface area contributed by atoms with Crippen molar-refractivity contribution in [2.45, 2.75) is 39.5 Å². The van der Waals surface area contributed by atoms with Crippen molar-refractivity contribution in [3.63, 3.8) is 0 Å². The zero-order valence-electron chi connectivity index (χ0n) is 13.9. The summed E-state index contributed by atoms with van der Waals surface area (Å²) in [6.45, 7) is 5.21. The third-order valence-electron chi connectivity index (χ3n) is 3.61. The standard InChI is InChI=1S/C20H25NO2/c1-16(2)13-19(21-14-17-9-5-3-6-10-17)20(22)23-15-18-11-7-4-8-12-18/h3-12,16,19,21H,13-15H2,1-2H3/t19-/m1/s1. The lowest BCUT2D eigenvalue weighted by Gasteiger charge is -2.19. The summed E-state index contributed by atoms with van der Waals surface area (Å²) in [4.78, 5) is 12.4. The predicted octanol–water partition coefficient (Wildman–Crippen LogP) is 3.93. The van der Waals surface area contributed by atoms with Crippen LogP contribution in [-0.4, -0.2) is 12.0 Å². The second-order valence-corrected chi connectivity index (χ2v) is 6.14. The molecule has 1 atom stereocenters. The molecule has 0 amide bonds. The van der Waals surface area contributed by atoms with Gasteiger partial charge in [-0.2, -0.15) is 0 Å². The van der Waals surface area contributed by atoms with Crippen LogP contribution in [0.15, 0.2) is 60.7 Å². The SMILES string of the molecule is CC(C)C[C@@H](NCc1ccccc1)C(=O)OCc1ccccc1. The van der Waals surface area contributed by atoms with Gasteiger partial charge in [0.25, 0.3) is 0 Å². The molecule has 0 unspecified atom stereocenters. The van der Waals surface area contributed by atoms with Crippen LogP contribution >= 0.6 is 0 Å². The first-order valence-electron chi connectivity index (χ1n) is 8.13. The molecule has 0 fully saturated rings. The Labute approximate surface area is 138 Å². The van der Waals surface area contributed by atoms with Crippen molar-refractivity contribution in [3.8, 4) is 0 Å². The van der Waals surface area contributed by atoms with Crippen LogP contribution < -0.4 is 5.32 Å². The molecule has 3 nitrogen and oxygen atoms in total. The van der Waals surface area contributed by atoms with E-state index in [2.05, 4.69) is 31.3 Å². The van der Waals surface area contributed by atoms with Gasteiger partial charge < -0.3 is 10.1 Å². The van der Waals surface area contributed by atoms with Crippen molar-refractivity contribution in [3.05, 3.63) is 71.8 Å². The average molecular weight is 311 g/mol. The summed E-state index contributed by atoms with van der Waals surface area (Å²) in [5.74, 6) is 0.242. The maximum Gasteiger partial charge on any atom is 0.323 e. The molecule has 0 spiro atoms. The second kappa shape index (κ2) is 9.11. The Morgan fingerprint density at radius 2 is 1.52 bits per heavy atom. The molecule has 2 aromatic rings. The van der Waals surface area contributed by atoms with Crippen LogP contribution in [0.2, 0.25) is 0 Å². The molecule has 0 aromatic heterocycles. The molecule has 23 heavy (non-hydrogen) atoms. The minimum Gasteiger partial charge on any atom is -0.460 e. The number of benzene rings is 2. The first kappa shape index (κ1) is 17.2. The van der Waals surface area contributed by atoms with E-state index in [9.17, 15) is 4.79 Å². The number of esters is 1. The Bertz CT molecular complexity index is 581. The minimum atomic E-state index is -0.279. The highest BCUT2D eigenvalue weighted by molar-refractivity contribution is 5.75. The van der Waals surface area contributed by atoms with Gasteiger partial charge in [-0.05, 0) is 23.5 Å². The minimum absolute atomic E-state index is 0.182. The average Bonchev–Trinajstić information content (AvgIpc) is 2.58. The van der Waals surface area contributed by atoms with Crippen LogP contribution in [0.3, 0.4) is 0 Å².